The van der Waals surface area contributed by atoms with Crippen molar-refractivity contribution >= 4 is 40.5 Å². The summed E-state index contributed by atoms with van der Waals surface area (Å²) in [5, 5.41) is 11.4. The molecule has 37 heavy (non-hydrogen) atoms. The molecule has 7 heteroatoms. The maximum Gasteiger partial charge on any atom is 0.248 e. The number of nitriles is 1. The fourth-order valence-corrected chi connectivity index (χ4v) is 6.19. The van der Waals surface area contributed by atoms with E-state index in [0.29, 0.717) is 46.9 Å². The van der Waals surface area contributed by atoms with Gasteiger partial charge in [0.1, 0.15) is 17.3 Å². The van der Waals surface area contributed by atoms with Gasteiger partial charge in [0.15, 0.2) is 5.78 Å². The number of anilines is 2. The van der Waals surface area contributed by atoms with E-state index in [4.69, 9.17) is 11.6 Å². The summed E-state index contributed by atoms with van der Waals surface area (Å²) in [5.41, 5.74) is 1.84. The lowest BCUT2D eigenvalue weighted by Gasteiger charge is -2.45. The number of allylic oxidation sites excluding steroid dienone is 1. The van der Waals surface area contributed by atoms with E-state index in [9.17, 15) is 14.9 Å². The number of para-hydroxylation sites is 1. The number of rotatable bonds is 4. The first-order chi connectivity index (χ1) is 18.0. The minimum absolute atomic E-state index is 0.115. The third-order valence-corrected chi connectivity index (χ3v) is 7.58. The number of amides is 1. The number of ketones is 1. The van der Waals surface area contributed by atoms with Crippen LogP contribution in [0.5, 0.6) is 0 Å². The highest BCUT2D eigenvalue weighted by Gasteiger charge is 2.62. The van der Waals surface area contributed by atoms with Gasteiger partial charge in [-0.3, -0.25) is 14.5 Å². The van der Waals surface area contributed by atoms with Gasteiger partial charge in [-0.15, -0.1) is 6.58 Å². The summed E-state index contributed by atoms with van der Waals surface area (Å²) < 4.78 is 1.84. The van der Waals surface area contributed by atoms with E-state index in [2.05, 4.69) is 12.6 Å². The molecule has 0 saturated carbocycles. The molecular formula is C30H23ClN4O2. The van der Waals surface area contributed by atoms with Gasteiger partial charge in [0.25, 0.3) is 0 Å². The summed E-state index contributed by atoms with van der Waals surface area (Å²) in [4.78, 5) is 32.0. The van der Waals surface area contributed by atoms with E-state index in [0.717, 1.165) is 11.4 Å². The summed E-state index contributed by atoms with van der Waals surface area (Å²) in [6, 6.07) is 20.9. The highest BCUT2D eigenvalue weighted by Crippen LogP contribution is 2.58. The first kappa shape index (κ1) is 23.1. The fraction of sp³-hybridized carbons (Fsp3) is 0.167. The number of benzene rings is 2. The first-order valence-electron chi connectivity index (χ1n) is 12.2. The van der Waals surface area contributed by atoms with Crippen molar-refractivity contribution in [1.82, 2.24) is 4.57 Å². The number of hydrogen-bond donors (Lipinski definition) is 0. The second-order valence-corrected chi connectivity index (χ2v) is 9.72. The topological polar surface area (TPSA) is 69.3 Å². The molecule has 1 unspecified atom stereocenters. The third-order valence-electron chi connectivity index (χ3n) is 7.34. The van der Waals surface area contributed by atoms with E-state index >= 15 is 0 Å². The Hall–Kier alpha value is -4.34. The number of halogens is 1. The van der Waals surface area contributed by atoms with Gasteiger partial charge in [-0.05, 0) is 49.2 Å². The molecule has 6 nitrogen and oxygen atoms in total. The van der Waals surface area contributed by atoms with Gasteiger partial charge in [0, 0.05) is 58.6 Å². The predicted molar refractivity (Wildman–Crippen MR) is 144 cm³/mol. The third kappa shape index (κ3) is 3.11. The Bertz CT molecular complexity index is 1580. The largest absolute Gasteiger partial charge is 0.309 e. The molecule has 3 aromatic rings. The number of nitrogens with zero attached hydrogens (tertiary/aromatic N) is 4. The van der Waals surface area contributed by atoms with Crippen molar-refractivity contribution in [3.8, 4) is 6.07 Å². The van der Waals surface area contributed by atoms with Crippen LogP contribution in [0.3, 0.4) is 0 Å². The van der Waals surface area contributed by atoms with Crippen molar-refractivity contribution in [2.24, 2.45) is 0 Å². The number of Topliss-reactive ketones (excluding diaryl/α,β-unsaturated/α-hetero) is 1. The maximum atomic E-state index is 14.6. The van der Waals surface area contributed by atoms with Crippen molar-refractivity contribution in [1.29, 1.82) is 5.26 Å². The zero-order chi connectivity index (χ0) is 25.7. The Labute approximate surface area is 220 Å². The zero-order valence-corrected chi connectivity index (χ0v) is 20.8. The Kier molecular flexibility index (Phi) is 5.40. The average Bonchev–Trinajstić information content (AvgIpc) is 3.52. The smallest absolute Gasteiger partial charge is 0.248 e. The predicted octanol–water partition coefficient (Wildman–Crippen LogP) is 5.83. The molecule has 1 spiro atoms. The second kappa shape index (κ2) is 8.65. The minimum atomic E-state index is -1.55. The maximum absolute atomic E-state index is 14.6. The molecule has 0 radical (unpaired) electrons. The van der Waals surface area contributed by atoms with Crippen molar-refractivity contribution in [2.75, 3.05) is 16.3 Å². The lowest BCUT2D eigenvalue weighted by atomic mass is 9.63. The van der Waals surface area contributed by atoms with E-state index in [1.54, 1.807) is 17.0 Å². The number of carbonyl (C=O) groups is 2. The molecule has 0 saturated heterocycles. The van der Waals surface area contributed by atoms with Gasteiger partial charge in [-0.25, -0.2) is 0 Å². The number of hydrogen-bond acceptors (Lipinski definition) is 4. The summed E-state index contributed by atoms with van der Waals surface area (Å²) in [7, 11) is 0. The average molecular weight is 507 g/mol. The molecule has 3 aliphatic rings. The number of carbonyl (C=O) groups excluding carboxylic acids is 2. The summed E-state index contributed by atoms with van der Waals surface area (Å²) in [5.74, 6) is 0.103. The van der Waals surface area contributed by atoms with Crippen LogP contribution in [0.25, 0.3) is 5.82 Å². The lowest BCUT2D eigenvalue weighted by molar-refractivity contribution is -0.124. The minimum Gasteiger partial charge on any atom is -0.309 e. The SMILES string of the molecule is C=CCN1C(=O)C2(C(C#N)=C(n3cccc3)N(c3cccc(Cl)c3)C3=C2C(=O)CCC3)c2ccccc21. The highest BCUT2D eigenvalue weighted by atomic mass is 35.5. The van der Waals surface area contributed by atoms with Gasteiger partial charge < -0.3 is 9.47 Å². The van der Waals surface area contributed by atoms with Crippen LogP contribution < -0.4 is 9.80 Å². The van der Waals surface area contributed by atoms with Crippen LogP contribution in [-0.2, 0) is 15.0 Å². The molecule has 1 amide bonds. The number of fused-ring (bicyclic) bond motifs is 3. The van der Waals surface area contributed by atoms with Gasteiger partial charge in [0.2, 0.25) is 5.91 Å². The normalized spacial score (nSPS) is 20.9. The second-order valence-electron chi connectivity index (χ2n) is 9.29. The Balaban J connectivity index is 1.79. The van der Waals surface area contributed by atoms with Crippen LogP contribution in [0.2, 0.25) is 5.02 Å². The van der Waals surface area contributed by atoms with Crippen molar-refractivity contribution in [3.05, 3.63) is 113 Å². The molecular weight excluding hydrogens is 484 g/mol. The summed E-state index contributed by atoms with van der Waals surface area (Å²) in [6.45, 7) is 4.11. The zero-order valence-electron chi connectivity index (χ0n) is 20.0. The van der Waals surface area contributed by atoms with E-state index in [1.807, 2.05) is 76.5 Å². The van der Waals surface area contributed by atoms with E-state index in [-0.39, 0.29) is 23.8 Å². The van der Waals surface area contributed by atoms with Crippen LogP contribution in [0.4, 0.5) is 11.4 Å². The van der Waals surface area contributed by atoms with Crippen molar-refractivity contribution < 1.29 is 9.59 Å². The summed E-state index contributed by atoms with van der Waals surface area (Å²) in [6.07, 6.45) is 6.91. The van der Waals surface area contributed by atoms with E-state index in [1.165, 1.54) is 0 Å². The molecule has 2 aromatic carbocycles. The molecule has 1 atom stereocenters. The quantitative estimate of drug-likeness (QED) is 0.417. The monoisotopic (exact) mass is 506 g/mol. The van der Waals surface area contributed by atoms with E-state index < -0.39 is 5.41 Å². The first-order valence-corrected chi connectivity index (χ1v) is 12.5. The molecule has 0 N–H and O–H groups in total. The molecule has 3 heterocycles. The Morgan fingerprint density at radius 2 is 1.84 bits per heavy atom. The molecule has 1 aliphatic carbocycles. The van der Waals surface area contributed by atoms with Crippen LogP contribution in [0, 0.1) is 11.3 Å². The van der Waals surface area contributed by atoms with Crippen LogP contribution in [0.15, 0.2) is 103 Å². The molecule has 0 fully saturated rings. The van der Waals surface area contributed by atoms with Crippen LogP contribution in [-0.4, -0.2) is 22.8 Å². The standard InChI is InChI=1S/C30H23ClN4O2/c1-2-15-34-24-12-4-3-11-22(24)30(29(34)37)23(19-32)28(33-16-5-6-17-33)35(21-10-7-9-20(31)18-21)25-13-8-14-26(36)27(25)30/h2-7,9-12,16-18H,1,8,13-15H2. The molecule has 6 rings (SSSR count). The van der Waals surface area contributed by atoms with Crippen molar-refractivity contribution in [3.63, 3.8) is 0 Å². The Morgan fingerprint density at radius 3 is 2.57 bits per heavy atom. The molecule has 1 aromatic heterocycles. The van der Waals surface area contributed by atoms with Gasteiger partial charge in [0.05, 0.1) is 5.57 Å². The van der Waals surface area contributed by atoms with Gasteiger partial charge in [-0.1, -0.05) is 41.9 Å². The van der Waals surface area contributed by atoms with Crippen LogP contribution >= 0.6 is 11.6 Å². The highest BCUT2D eigenvalue weighted by molar-refractivity contribution is 6.31. The van der Waals surface area contributed by atoms with Gasteiger partial charge >= 0.3 is 0 Å². The van der Waals surface area contributed by atoms with Crippen molar-refractivity contribution in [2.45, 2.75) is 24.7 Å². The molecule has 2 aliphatic heterocycles. The molecule has 182 valence electrons. The fourth-order valence-electron chi connectivity index (χ4n) is 6.00. The lowest BCUT2D eigenvalue weighted by Crippen LogP contribution is -2.51. The van der Waals surface area contributed by atoms with Crippen LogP contribution in [0.1, 0.15) is 24.8 Å². The van der Waals surface area contributed by atoms with Gasteiger partial charge in [-0.2, -0.15) is 5.26 Å². The number of aromatic nitrogens is 1. The Morgan fingerprint density at radius 1 is 1.05 bits per heavy atom. The summed E-state index contributed by atoms with van der Waals surface area (Å²) >= 11 is 6.41. The molecule has 0 bridgehead atoms.